The molecule has 0 heterocycles. The third kappa shape index (κ3) is 7.12. The molecule has 6 heteroatoms. The lowest BCUT2D eigenvalue weighted by Crippen LogP contribution is -2.36. The van der Waals surface area contributed by atoms with Gasteiger partial charge in [-0.15, -0.1) is 0 Å². The number of benzene rings is 1. The van der Waals surface area contributed by atoms with Crippen LogP contribution in [0.25, 0.3) is 0 Å². The lowest BCUT2D eigenvalue weighted by Gasteiger charge is -2.19. The Balaban J connectivity index is 2.96. The van der Waals surface area contributed by atoms with E-state index in [1.807, 2.05) is 58.0 Å². The van der Waals surface area contributed by atoms with Crippen LogP contribution < -0.4 is 21.7 Å². The van der Waals surface area contributed by atoms with Crippen molar-refractivity contribution in [2.75, 3.05) is 10.6 Å². The van der Waals surface area contributed by atoms with Crippen molar-refractivity contribution in [1.82, 2.24) is 5.32 Å². The van der Waals surface area contributed by atoms with Crippen molar-refractivity contribution in [3.05, 3.63) is 48.7 Å². The predicted octanol–water partition coefficient (Wildman–Crippen LogP) is 3.22. The van der Waals surface area contributed by atoms with E-state index >= 15 is 0 Å². The largest absolute Gasteiger partial charge is 0.396 e. The van der Waals surface area contributed by atoms with Gasteiger partial charge in [-0.2, -0.15) is 0 Å². The third-order valence-corrected chi connectivity index (χ3v) is 3.33. The fourth-order valence-electron chi connectivity index (χ4n) is 2.06. The first-order valence-corrected chi connectivity index (χ1v) is 8.46. The molecule has 0 aliphatic heterocycles. The quantitative estimate of drug-likeness (QED) is 0.331. The summed E-state index contributed by atoms with van der Waals surface area (Å²) in [5.74, 6) is 0.430. The number of anilines is 2. The summed E-state index contributed by atoms with van der Waals surface area (Å²) >= 11 is 0. The summed E-state index contributed by atoms with van der Waals surface area (Å²) in [4.78, 5) is 16.1. The normalized spacial score (nSPS) is 13.3. The van der Waals surface area contributed by atoms with E-state index in [1.165, 1.54) is 6.08 Å². The predicted molar refractivity (Wildman–Crippen MR) is 107 cm³/mol. The van der Waals surface area contributed by atoms with E-state index in [2.05, 4.69) is 22.5 Å². The molecule has 0 saturated heterocycles. The van der Waals surface area contributed by atoms with E-state index in [0.717, 1.165) is 12.1 Å². The molecular weight excluding hydrogens is 314 g/mol. The zero-order valence-electron chi connectivity index (χ0n) is 15.5. The van der Waals surface area contributed by atoms with Crippen LogP contribution in [0.3, 0.4) is 0 Å². The Hall–Kier alpha value is -2.76. The van der Waals surface area contributed by atoms with E-state index in [4.69, 9.17) is 10.7 Å². The number of allylic oxidation sites excluding steroid dienone is 1. The maximum absolute atomic E-state index is 11.4. The molecule has 1 aromatic rings. The van der Waals surface area contributed by atoms with E-state index in [0.29, 0.717) is 17.2 Å². The monoisotopic (exact) mass is 343 g/mol. The standard InChI is InChI=1S/C19H29N5O/c1-6-16(20)19(21-13(4)5)24-17(7-2)22-14-10-9-11-15(12-14)23-18(25)8-3/h6,8-13,17,22H,3,7,20H2,1-2,4-5H3,(H,21,24)(H,23,25)/b16-6+. The second-order valence-electron chi connectivity index (χ2n) is 5.86. The van der Waals surface area contributed by atoms with Gasteiger partial charge in [0.2, 0.25) is 5.91 Å². The van der Waals surface area contributed by atoms with Crippen molar-refractivity contribution in [3.63, 3.8) is 0 Å². The van der Waals surface area contributed by atoms with Crippen LogP contribution in [0.5, 0.6) is 0 Å². The number of nitrogens with two attached hydrogens (primary N) is 1. The van der Waals surface area contributed by atoms with Gasteiger partial charge in [-0.05, 0) is 51.5 Å². The summed E-state index contributed by atoms with van der Waals surface area (Å²) in [6.45, 7) is 11.5. The van der Waals surface area contributed by atoms with Gasteiger partial charge in [0.15, 0.2) is 0 Å². The number of carbonyl (C=O) groups is 1. The van der Waals surface area contributed by atoms with Gasteiger partial charge in [0.1, 0.15) is 12.0 Å². The van der Waals surface area contributed by atoms with Gasteiger partial charge < -0.3 is 21.7 Å². The average molecular weight is 343 g/mol. The average Bonchev–Trinajstić information content (AvgIpc) is 2.59. The number of hydrogen-bond donors (Lipinski definition) is 4. The molecule has 1 unspecified atom stereocenters. The molecule has 1 rings (SSSR count). The van der Waals surface area contributed by atoms with Gasteiger partial charge in [0.25, 0.3) is 0 Å². The molecule has 1 amide bonds. The summed E-state index contributed by atoms with van der Waals surface area (Å²) in [5, 5.41) is 9.37. The van der Waals surface area contributed by atoms with E-state index in [9.17, 15) is 4.79 Å². The molecule has 6 nitrogen and oxygen atoms in total. The van der Waals surface area contributed by atoms with Gasteiger partial charge >= 0.3 is 0 Å². The first-order valence-electron chi connectivity index (χ1n) is 8.46. The summed E-state index contributed by atoms with van der Waals surface area (Å²) in [6, 6.07) is 7.70. The second kappa shape index (κ2) is 10.2. The molecular formula is C19H29N5O. The number of nitrogens with one attached hydrogen (secondary N) is 3. The Morgan fingerprint density at radius 3 is 2.60 bits per heavy atom. The number of amidine groups is 1. The minimum atomic E-state index is -0.244. The SMILES string of the molecule is C=CC(=O)Nc1cccc(NC(CC)N=C(NC(C)C)/C(N)=C\C)c1. The van der Waals surface area contributed by atoms with Crippen molar-refractivity contribution >= 4 is 23.1 Å². The number of rotatable bonds is 8. The van der Waals surface area contributed by atoms with E-state index in [-0.39, 0.29) is 18.1 Å². The Kier molecular flexibility index (Phi) is 8.26. The summed E-state index contributed by atoms with van der Waals surface area (Å²) in [7, 11) is 0. The van der Waals surface area contributed by atoms with Crippen molar-refractivity contribution in [2.24, 2.45) is 10.7 Å². The highest BCUT2D eigenvalue weighted by molar-refractivity contribution is 5.99. The fraction of sp³-hybridized carbons (Fsp3) is 0.368. The first kappa shape index (κ1) is 20.3. The van der Waals surface area contributed by atoms with Crippen molar-refractivity contribution in [3.8, 4) is 0 Å². The molecule has 25 heavy (non-hydrogen) atoms. The molecule has 0 saturated carbocycles. The molecule has 0 radical (unpaired) electrons. The zero-order valence-corrected chi connectivity index (χ0v) is 15.5. The van der Waals surface area contributed by atoms with Gasteiger partial charge in [0, 0.05) is 17.4 Å². The van der Waals surface area contributed by atoms with Crippen LogP contribution in [0.15, 0.2) is 53.7 Å². The highest BCUT2D eigenvalue weighted by atomic mass is 16.1. The Bertz CT molecular complexity index is 649. The maximum Gasteiger partial charge on any atom is 0.247 e. The lowest BCUT2D eigenvalue weighted by atomic mass is 10.2. The molecule has 136 valence electrons. The lowest BCUT2D eigenvalue weighted by molar-refractivity contribution is -0.111. The van der Waals surface area contributed by atoms with Crippen LogP contribution in [0.1, 0.15) is 34.1 Å². The number of nitrogens with zero attached hydrogens (tertiary/aromatic N) is 1. The van der Waals surface area contributed by atoms with E-state index in [1.54, 1.807) is 0 Å². The minimum absolute atomic E-state index is 0.148. The summed E-state index contributed by atoms with van der Waals surface area (Å²) < 4.78 is 0. The van der Waals surface area contributed by atoms with Crippen molar-refractivity contribution in [1.29, 1.82) is 0 Å². The van der Waals surface area contributed by atoms with Gasteiger partial charge in [0.05, 0.1) is 5.70 Å². The highest BCUT2D eigenvalue weighted by Crippen LogP contribution is 2.17. The number of hydrogen-bond acceptors (Lipinski definition) is 4. The van der Waals surface area contributed by atoms with Crippen molar-refractivity contribution < 1.29 is 4.79 Å². The molecule has 0 aliphatic carbocycles. The molecule has 0 spiro atoms. The van der Waals surface area contributed by atoms with Gasteiger partial charge in [-0.25, -0.2) is 4.99 Å². The Morgan fingerprint density at radius 1 is 1.36 bits per heavy atom. The van der Waals surface area contributed by atoms with Crippen LogP contribution in [0.4, 0.5) is 11.4 Å². The molecule has 0 aromatic heterocycles. The number of carbonyl (C=O) groups excluding carboxylic acids is 1. The van der Waals surface area contributed by atoms with E-state index < -0.39 is 0 Å². The first-order chi connectivity index (χ1) is 11.9. The molecule has 0 fully saturated rings. The Labute approximate surface area is 150 Å². The van der Waals surface area contributed by atoms with Crippen LogP contribution >= 0.6 is 0 Å². The van der Waals surface area contributed by atoms with Crippen LogP contribution in [0.2, 0.25) is 0 Å². The minimum Gasteiger partial charge on any atom is -0.396 e. The number of aliphatic imine (C=N–C) groups is 1. The zero-order chi connectivity index (χ0) is 18.8. The van der Waals surface area contributed by atoms with Crippen LogP contribution in [-0.2, 0) is 4.79 Å². The van der Waals surface area contributed by atoms with Crippen molar-refractivity contribution in [2.45, 2.75) is 46.3 Å². The molecule has 1 atom stereocenters. The smallest absolute Gasteiger partial charge is 0.247 e. The topological polar surface area (TPSA) is 91.5 Å². The molecule has 0 bridgehead atoms. The van der Waals surface area contributed by atoms with Gasteiger partial charge in [-0.1, -0.05) is 25.6 Å². The molecule has 5 N–H and O–H groups in total. The molecule has 1 aromatic carbocycles. The second-order valence-corrected chi connectivity index (χ2v) is 5.86. The third-order valence-electron chi connectivity index (χ3n) is 3.33. The summed E-state index contributed by atoms with van der Waals surface area (Å²) in [6.07, 6.45) is 3.70. The number of amides is 1. The molecule has 0 aliphatic rings. The maximum atomic E-state index is 11.4. The highest BCUT2D eigenvalue weighted by Gasteiger charge is 2.10. The van der Waals surface area contributed by atoms with Crippen LogP contribution in [0, 0.1) is 0 Å². The summed E-state index contributed by atoms with van der Waals surface area (Å²) in [5.41, 5.74) is 8.21. The van der Waals surface area contributed by atoms with Crippen LogP contribution in [-0.4, -0.2) is 24.0 Å². The van der Waals surface area contributed by atoms with Gasteiger partial charge in [-0.3, -0.25) is 4.79 Å². The fourth-order valence-corrected chi connectivity index (χ4v) is 2.06. The Morgan fingerprint density at radius 2 is 2.04 bits per heavy atom.